The number of methoxy groups -OCH3 is 1. The molecule has 0 aromatic rings. The van der Waals surface area contributed by atoms with Crippen LogP contribution in [0.15, 0.2) is 12.7 Å². The van der Waals surface area contributed by atoms with E-state index in [2.05, 4.69) is 11.3 Å². The first-order chi connectivity index (χ1) is 8.61. The summed E-state index contributed by atoms with van der Waals surface area (Å²) in [7, 11) is 1.45. The van der Waals surface area contributed by atoms with Gasteiger partial charge in [-0.25, -0.2) is 4.79 Å². The molecule has 1 unspecified atom stereocenters. The van der Waals surface area contributed by atoms with E-state index in [-0.39, 0.29) is 32.7 Å². The van der Waals surface area contributed by atoms with Gasteiger partial charge in [0, 0.05) is 21.4 Å². The summed E-state index contributed by atoms with van der Waals surface area (Å²) in [6, 6.07) is 0. The molecule has 107 valence electrons. The SMILES string of the molecule is C=CCCCC(CCCOC(=O)COC)C(C)=O.[B]. The van der Waals surface area contributed by atoms with Crippen molar-refractivity contribution in [3.8, 4) is 0 Å². The number of rotatable bonds is 11. The van der Waals surface area contributed by atoms with E-state index in [1.54, 1.807) is 6.92 Å². The fourth-order valence-corrected chi connectivity index (χ4v) is 1.73. The molecule has 0 spiro atoms. The highest BCUT2D eigenvalue weighted by Gasteiger charge is 2.13. The first-order valence-electron chi connectivity index (χ1n) is 6.37. The molecule has 0 rings (SSSR count). The van der Waals surface area contributed by atoms with Gasteiger partial charge >= 0.3 is 5.97 Å². The number of ketones is 1. The minimum atomic E-state index is -0.358. The van der Waals surface area contributed by atoms with Gasteiger partial charge in [-0.15, -0.1) is 6.58 Å². The Balaban J connectivity index is 0. The number of carbonyl (C=O) groups is 2. The topological polar surface area (TPSA) is 52.6 Å². The maximum atomic E-state index is 11.4. The molecule has 0 aliphatic carbocycles. The van der Waals surface area contributed by atoms with Crippen LogP contribution in [0.4, 0.5) is 0 Å². The summed E-state index contributed by atoms with van der Waals surface area (Å²) in [5, 5.41) is 0. The highest BCUT2D eigenvalue weighted by Crippen LogP contribution is 2.16. The second-order valence-corrected chi connectivity index (χ2v) is 4.32. The molecule has 3 radical (unpaired) electrons. The third-order valence-electron chi connectivity index (χ3n) is 2.76. The number of Topliss-reactive ketones (excluding diaryl/α,β-unsaturated/α-hetero) is 1. The van der Waals surface area contributed by atoms with Gasteiger partial charge in [-0.3, -0.25) is 4.79 Å². The minimum Gasteiger partial charge on any atom is -0.464 e. The normalized spacial score (nSPS) is 11.3. The number of esters is 1. The molecule has 4 nitrogen and oxygen atoms in total. The number of allylic oxidation sites excluding steroid dienone is 1. The maximum Gasteiger partial charge on any atom is 0.332 e. The van der Waals surface area contributed by atoms with Crippen LogP contribution < -0.4 is 0 Å². The average Bonchev–Trinajstić information content (AvgIpc) is 2.32. The Morgan fingerprint density at radius 1 is 1.26 bits per heavy atom. The number of unbranched alkanes of at least 4 members (excludes halogenated alkanes) is 1. The maximum absolute atomic E-state index is 11.4. The Bertz CT molecular complexity index is 266. The molecular formula is C14H24BO4. The van der Waals surface area contributed by atoms with Crippen LogP contribution in [0, 0.1) is 5.92 Å². The monoisotopic (exact) mass is 267 g/mol. The van der Waals surface area contributed by atoms with E-state index in [1.807, 2.05) is 6.08 Å². The van der Waals surface area contributed by atoms with Crippen molar-refractivity contribution in [2.45, 2.75) is 39.0 Å². The molecule has 0 saturated carbocycles. The molecule has 0 aromatic carbocycles. The van der Waals surface area contributed by atoms with Crippen molar-refractivity contribution in [3.05, 3.63) is 12.7 Å². The summed E-state index contributed by atoms with van der Waals surface area (Å²) in [6.07, 6.45) is 6.15. The second-order valence-electron chi connectivity index (χ2n) is 4.32. The van der Waals surface area contributed by atoms with Gasteiger partial charge < -0.3 is 9.47 Å². The Morgan fingerprint density at radius 3 is 2.42 bits per heavy atom. The average molecular weight is 267 g/mol. The fourth-order valence-electron chi connectivity index (χ4n) is 1.73. The lowest BCUT2D eigenvalue weighted by Crippen LogP contribution is -2.15. The Kier molecular flexibility index (Phi) is 14.2. The lowest BCUT2D eigenvalue weighted by molar-refractivity contribution is -0.148. The quantitative estimate of drug-likeness (QED) is 0.249. The van der Waals surface area contributed by atoms with Gasteiger partial charge in [0.15, 0.2) is 0 Å². The standard InChI is InChI=1S/C14H24O4.B/c1-4-5-6-8-13(12(2)15)9-7-10-18-14(16)11-17-3;/h4,13H,1,5-11H2,2-3H3;. The summed E-state index contributed by atoms with van der Waals surface area (Å²) in [4.78, 5) is 22.4. The highest BCUT2D eigenvalue weighted by molar-refractivity contribution is 5.78. The number of hydrogen-bond acceptors (Lipinski definition) is 4. The van der Waals surface area contributed by atoms with Gasteiger partial charge in [-0.05, 0) is 39.0 Å². The fraction of sp³-hybridized carbons (Fsp3) is 0.714. The number of ether oxygens (including phenoxy) is 2. The smallest absolute Gasteiger partial charge is 0.332 e. The van der Waals surface area contributed by atoms with Crippen molar-refractivity contribution >= 4 is 20.2 Å². The summed E-state index contributed by atoms with van der Waals surface area (Å²) >= 11 is 0. The van der Waals surface area contributed by atoms with Crippen LogP contribution >= 0.6 is 0 Å². The van der Waals surface area contributed by atoms with Crippen LogP contribution in [0.5, 0.6) is 0 Å². The van der Waals surface area contributed by atoms with E-state index in [4.69, 9.17) is 4.74 Å². The molecule has 0 amide bonds. The van der Waals surface area contributed by atoms with Gasteiger partial charge in [0.1, 0.15) is 12.4 Å². The summed E-state index contributed by atoms with van der Waals surface area (Å²) in [5.74, 6) is -0.0723. The molecular weight excluding hydrogens is 243 g/mol. The summed E-state index contributed by atoms with van der Waals surface area (Å²) in [5.41, 5.74) is 0. The minimum absolute atomic E-state index is 0. The highest BCUT2D eigenvalue weighted by atomic mass is 16.6. The largest absolute Gasteiger partial charge is 0.464 e. The van der Waals surface area contributed by atoms with Gasteiger partial charge in [0.05, 0.1) is 6.61 Å². The van der Waals surface area contributed by atoms with Crippen LogP contribution in [-0.2, 0) is 19.1 Å². The van der Waals surface area contributed by atoms with E-state index in [9.17, 15) is 9.59 Å². The second kappa shape index (κ2) is 13.3. The van der Waals surface area contributed by atoms with Crippen LogP contribution in [0.1, 0.15) is 39.0 Å². The predicted octanol–water partition coefficient (Wildman–Crippen LogP) is 2.14. The first-order valence-corrected chi connectivity index (χ1v) is 6.37. The van der Waals surface area contributed by atoms with Crippen molar-refractivity contribution in [2.75, 3.05) is 20.3 Å². The molecule has 0 aromatic heterocycles. The summed E-state index contributed by atoms with van der Waals surface area (Å²) in [6.45, 7) is 5.62. The molecule has 0 fully saturated rings. The number of hydrogen-bond donors (Lipinski definition) is 0. The molecule has 0 N–H and O–H groups in total. The van der Waals surface area contributed by atoms with E-state index >= 15 is 0 Å². The van der Waals surface area contributed by atoms with E-state index in [0.29, 0.717) is 13.0 Å². The first kappa shape index (κ1) is 20.2. The zero-order valence-electron chi connectivity index (χ0n) is 12.0. The molecule has 0 heterocycles. The van der Waals surface area contributed by atoms with Crippen molar-refractivity contribution in [1.29, 1.82) is 0 Å². The zero-order valence-corrected chi connectivity index (χ0v) is 12.0. The molecule has 0 aliphatic rings. The Hall–Kier alpha value is -1.10. The molecule has 0 saturated heterocycles. The van der Waals surface area contributed by atoms with Crippen molar-refractivity contribution < 1.29 is 19.1 Å². The number of carbonyl (C=O) groups excluding carboxylic acids is 2. The molecule has 0 aliphatic heterocycles. The van der Waals surface area contributed by atoms with Gasteiger partial charge in [0.25, 0.3) is 0 Å². The summed E-state index contributed by atoms with van der Waals surface area (Å²) < 4.78 is 9.59. The van der Waals surface area contributed by atoms with E-state index in [0.717, 1.165) is 25.7 Å². The van der Waals surface area contributed by atoms with E-state index in [1.165, 1.54) is 7.11 Å². The molecule has 5 heteroatoms. The third-order valence-corrected chi connectivity index (χ3v) is 2.76. The van der Waals surface area contributed by atoms with Crippen molar-refractivity contribution in [2.24, 2.45) is 5.92 Å². The third kappa shape index (κ3) is 11.7. The van der Waals surface area contributed by atoms with Crippen molar-refractivity contribution in [1.82, 2.24) is 0 Å². The van der Waals surface area contributed by atoms with E-state index < -0.39 is 0 Å². The molecule has 1 atom stereocenters. The zero-order chi connectivity index (χ0) is 13.8. The molecule has 0 bridgehead atoms. The van der Waals surface area contributed by atoms with Crippen LogP contribution in [0.2, 0.25) is 0 Å². The van der Waals surface area contributed by atoms with Gasteiger partial charge in [-0.1, -0.05) is 6.08 Å². The lowest BCUT2D eigenvalue weighted by atomic mass is 9.93. The van der Waals surface area contributed by atoms with Gasteiger partial charge in [-0.2, -0.15) is 0 Å². The Labute approximate surface area is 118 Å². The van der Waals surface area contributed by atoms with Crippen molar-refractivity contribution in [3.63, 3.8) is 0 Å². The van der Waals surface area contributed by atoms with Gasteiger partial charge in [0.2, 0.25) is 0 Å². The van der Waals surface area contributed by atoms with Crippen LogP contribution in [-0.4, -0.2) is 40.5 Å². The predicted molar refractivity (Wildman–Crippen MR) is 76.0 cm³/mol. The van der Waals surface area contributed by atoms with Crippen LogP contribution in [0.25, 0.3) is 0 Å². The Morgan fingerprint density at radius 2 is 1.89 bits per heavy atom. The molecule has 19 heavy (non-hydrogen) atoms. The van der Waals surface area contributed by atoms with Crippen LogP contribution in [0.3, 0.4) is 0 Å². The lowest BCUT2D eigenvalue weighted by Gasteiger charge is -2.13.